The maximum atomic E-state index is 9.24. The molecule has 0 aromatic heterocycles. The van der Waals surface area contributed by atoms with Crippen LogP contribution in [0, 0.1) is 5.92 Å². The Balaban J connectivity index is 0.000000237. The van der Waals surface area contributed by atoms with Crippen molar-refractivity contribution in [3.8, 4) is 11.5 Å². The molecule has 3 rings (SSSR count). The van der Waals surface area contributed by atoms with E-state index in [-0.39, 0.29) is 5.60 Å². The molecule has 2 nitrogen and oxygen atoms in total. The molecule has 0 amide bonds. The number of benzene rings is 2. The molecule has 2 aromatic carbocycles. The van der Waals surface area contributed by atoms with Gasteiger partial charge < -0.3 is 9.84 Å². The van der Waals surface area contributed by atoms with Crippen molar-refractivity contribution in [1.29, 1.82) is 0 Å². The van der Waals surface area contributed by atoms with Crippen molar-refractivity contribution in [2.45, 2.75) is 71.3 Å². The van der Waals surface area contributed by atoms with Crippen LogP contribution in [-0.4, -0.2) is 10.7 Å². The average Bonchev–Trinajstić information content (AvgIpc) is 3.18. The van der Waals surface area contributed by atoms with Gasteiger partial charge in [0, 0.05) is 6.42 Å². The van der Waals surface area contributed by atoms with E-state index in [0.717, 1.165) is 36.5 Å². The average molecular weight is 381 g/mol. The van der Waals surface area contributed by atoms with Gasteiger partial charge in [-0.25, -0.2) is 0 Å². The second-order valence-electron chi connectivity index (χ2n) is 8.23. The van der Waals surface area contributed by atoms with Gasteiger partial charge in [-0.2, -0.15) is 0 Å². The number of allylic oxidation sites excluding steroid dienone is 1. The molecule has 0 unspecified atom stereocenters. The number of hydrogen-bond donors (Lipinski definition) is 1. The van der Waals surface area contributed by atoms with Crippen LogP contribution < -0.4 is 4.74 Å². The van der Waals surface area contributed by atoms with Crippen LogP contribution in [0.1, 0.15) is 64.9 Å². The molecule has 1 saturated carbocycles. The lowest BCUT2D eigenvalue weighted by Gasteiger charge is -2.25. The summed E-state index contributed by atoms with van der Waals surface area (Å²) in [5.74, 6) is 2.19. The lowest BCUT2D eigenvalue weighted by Crippen LogP contribution is -2.27. The number of aromatic hydroxyl groups is 1. The molecule has 152 valence electrons. The summed E-state index contributed by atoms with van der Waals surface area (Å²) in [6, 6.07) is 17.5. The maximum Gasteiger partial charge on any atom is 0.120 e. The quantitative estimate of drug-likeness (QED) is 0.510. The fraction of sp³-hybridized carbons (Fsp3) is 0.462. The molecule has 0 heterocycles. The van der Waals surface area contributed by atoms with Gasteiger partial charge in [-0.1, -0.05) is 74.7 Å². The van der Waals surface area contributed by atoms with Crippen molar-refractivity contribution in [3.05, 3.63) is 72.3 Å². The summed E-state index contributed by atoms with van der Waals surface area (Å²) in [5, 5.41) is 9.24. The molecular formula is C26H36O2. The summed E-state index contributed by atoms with van der Waals surface area (Å²) in [7, 11) is 0. The number of rotatable bonds is 7. The SMILES string of the molecule is CC(C)(C/C=C/C1CCCC1)Oc1ccccc1.CCCc1ccccc1O. The van der Waals surface area contributed by atoms with Gasteiger partial charge in [-0.3, -0.25) is 0 Å². The Hall–Kier alpha value is -2.22. The van der Waals surface area contributed by atoms with Crippen molar-refractivity contribution in [1.82, 2.24) is 0 Å². The van der Waals surface area contributed by atoms with Crippen molar-refractivity contribution in [3.63, 3.8) is 0 Å². The summed E-state index contributed by atoms with van der Waals surface area (Å²) in [6.07, 6.45) is 13.3. The predicted molar refractivity (Wildman–Crippen MR) is 119 cm³/mol. The van der Waals surface area contributed by atoms with Crippen LogP contribution in [-0.2, 0) is 6.42 Å². The minimum absolute atomic E-state index is 0.129. The maximum absolute atomic E-state index is 9.24. The first-order valence-electron chi connectivity index (χ1n) is 10.7. The van der Waals surface area contributed by atoms with E-state index in [9.17, 15) is 5.11 Å². The fourth-order valence-corrected chi connectivity index (χ4v) is 3.53. The number of phenolic OH excluding ortho intramolecular Hbond substituents is 1. The molecule has 2 aromatic rings. The third kappa shape index (κ3) is 8.21. The first-order valence-corrected chi connectivity index (χ1v) is 10.7. The van der Waals surface area contributed by atoms with Gasteiger partial charge in [0.15, 0.2) is 0 Å². The topological polar surface area (TPSA) is 29.5 Å². The fourth-order valence-electron chi connectivity index (χ4n) is 3.53. The largest absolute Gasteiger partial charge is 0.508 e. The highest BCUT2D eigenvalue weighted by atomic mass is 16.5. The van der Waals surface area contributed by atoms with Crippen LogP contribution in [0.4, 0.5) is 0 Å². The van der Waals surface area contributed by atoms with E-state index in [1.807, 2.05) is 48.5 Å². The molecule has 0 atom stereocenters. The molecule has 1 aliphatic rings. The molecule has 0 bridgehead atoms. The highest BCUT2D eigenvalue weighted by molar-refractivity contribution is 5.31. The van der Waals surface area contributed by atoms with Crippen LogP contribution in [0.25, 0.3) is 0 Å². The third-order valence-electron chi connectivity index (χ3n) is 5.07. The molecule has 0 spiro atoms. The minimum Gasteiger partial charge on any atom is -0.508 e. The normalized spacial score (nSPS) is 14.7. The lowest BCUT2D eigenvalue weighted by atomic mass is 10.0. The number of phenols is 1. The van der Waals surface area contributed by atoms with Gasteiger partial charge in [0.25, 0.3) is 0 Å². The van der Waals surface area contributed by atoms with E-state index >= 15 is 0 Å². The zero-order valence-electron chi connectivity index (χ0n) is 17.7. The molecule has 1 N–H and O–H groups in total. The summed E-state index contributed by atoms with van der Waals surface area (Å²) in [4.78, 5) is 0. The van der Waals surface area contributed by atoms with E-state index in [0.29, 0.717) is 5.75 Å². The second kappa shape index (κ2) is 11.6. The van der Waals surface area contributed by atoms with E-state index in [1.54, 1.807) is 6.07 Å². The molecule has 0 aliphatic heterocycles. The van der Waals surface area contributed by atoms with Crippen molar-refractivity contribution >= 4 is 0 Å². The Morgan fingerprint density at radius 3 is 2.29 bits per heavy atom. The Labute approximate surface area is 171 Å². The molecule has 28 heavy (non-hydrogen) atoms. The smallest absolute Gasteiger partial charge is 0.120 e. The van der Waals surface area contributed by atoms with Crippen LogP contribution in [0.3, 0.4) is 0 Å². The van der Waals surface area contributed by atoms with Crippen LogP contribution in [0.2, 0.25) is 0 Å². The van der Waals surface area contributed by atoms with Gasteiger partial charge in [0.1, 0.15) is 17.1 Å². The first-order chi connectivity index (χ1) is 13.5. The van der Waals surface area contributed by atoms with E-state index < -0.39 is 0 Å². The first kappa shape index (κ1) is 22.1. The molecule has 0 saturated heterocycles. The summed E-state index contributed by atoms with van der Waals surface area (Å²) in [5.41, 5.74) is 0.918. The van der Waals surface area contributed by atoms with Gasteiger partial charge in [-0.05, 0) is 62.8 Å². The minimum atomic E-state index is -0.129. The van der Waals surface area contributed by atoms with E-state index in [4.69, 9.17) is 4.74 Å². The molecule has 1 fully saturated rings. The van der Waals surface area contributed by atoms with Crippen LogP contribution in [0.5, 0.6) is 11.5 Å². The third-order valence-corrected chi connectivity index (χ3v) is 5.07. The Bertz CT molecular complexity index is 697. The highest BCUT2D eigenvalue weighted by Gasteiger charge is 2.18. The van der Waals surface area contributed by atoms with Crippen molar-refractivity contribution < 1.29 is 9.84 Å². The zero-order chi connectivity index (χ0) is 20.2. The van der Waals surface area contributed by atoms with Crippen LogP contribution in [0.15, 0.2) is 66.7 Å². The highest BCUT2D eigenvalue weighted by Crippen LogP contribution is 2.27. The van der Waals surface area contributed by atoms with Gasteiger partial charge in [-0.15, -0.1) is 0 Å². The standard InChI is InChI=1S/C17H24O.C9H12O/c1-17(2,18-16-12-4-3-5-13-16)14-8-11-15-9-6-7-10-15;1-2-5-8-6-3-4-7-9(8)10/h3-5,8,11-13,15H,6-7,9-10,14H2,1-2H3;3-4,6-7,10H,2,5H2,1H3/b11-8+;. The summed E-state index contributed by atoms with van der Waals surface area (Å²) in [6.45, 7) is 6.41. The van der Waals surface area contributed by atoms with E-state index in [2.05, 4.69) is 32.9 Å². The van der Waals surface area contributed by atoms with E-state index in [1.165, 1.54) is 25.7 Å². The lowest BCUT2D eigenvalue weighted by molar-refractivity contribution is 0.113. The monoisotopic (exact) mass is 380 g/mol. The molecular weight excluding hydrogens is 344 g/mol. The zero-order valence-corrected chi connectivity index (χ0v) is 17.7. The number of hydrogen-bond acceptors (Lipinski definition) is 2. The van der Waals surface area contributed by atoms with Gasteiger partial charge in [0.2, 0.25) is 0 Å². The number of para-hydroxylation sites is 2. The number of aryl methyl sites for hydroxylation is 1. The van der Waals surface area contributed by atoms with Crippen molar-refractivity contribution in [2.75, 3.05) is 0 Å². The van der Waals surface area contributed by atoms with Gasteiger partial charge >= 0.3 is 0 Å². The predicted octanol–water partition coefficient (Wildman–Crippen LogP) is 7.33. The van der Waals surface area contributed by atoms with Gasteiger partial charge in [0.05, 0.1) is 0 Å². The van der Waals surface area contributed by atoms with Crippen LogP contribution >= 0.6 is 0 Å². The molecule has 0 radical (unpaired) electrons. The molecule has 2 heteroatoms. The Morgan fingerprint density at radius 1 is 1.00 bits per heavy atom. The van der Waals surface area contributed by atoms with Crippen molar-refractivity contribution in [2.24, 2.45) is 5.92 Å². The summed E-state index contributed by atoms with van der Waals surface area (Å²) >= 11 is 0. The Morgan fingerprint density at radius 2 is 1.64 bits per heavy atom. The summed E-state index contributed by atoms with van der Waals surface area (Å²) < 4.78 is 6.02. The number of ether oxygens (including phenoxy) is 1. The Kier molecular flexibility index (Phi) is 9.13. The molecule has 1 aliphatic carbocycles. The second-order valence-corrected chi connectivity index (χ2v) is 8.23.